The zero-order valence-corrected chi connectivity index (χ0v) is 11.5. The molecular formula is C11H16BrNOS. The first-order valence-electron chi connectivity index (χ1n) is 4.80. The summed E-state index contributed by atoms with van der Waals surface area (Å²) in [6, 6.07) is 6.06. The molecule has 1 aromatic carbocycles. The van der Waals surface area contributed by atoms with E-state index in [-0.39, 0.29) is 0 Å². The van der Waals surface area contributed by atoms with Crippen LogP contribution in [0, 0.1) is 0 Å². The van der Waals surface area contributed by atoms with Crippen molar-refractivity contribution in [2.24, 2.45) is 0 Å². The highest BCUT2D eigenvalue weighted by atomic mass is 79.9. The minimum Gasteiger partial charge on any atom is -0.496 e. The first kappa shape index (κ1) is 12.9. The average Bonchev–Trinajstić information content (AvgIpc) is 2.25. The van der Waals surface area contributed by atoms with Gasteiger partial charge in [0, 0.05) is 28.9 Å². The Labute approximate surface area is 104 Å². The van der Waals surface area contributed by atoms with Crippen molar-refractivity contribution in [3.8, 4) is 5.75 Å². The average molecular weight is 290 g/mol. The minimum absolute atomic E-state index is 0.850. The summed E-state index contributed by atoms with van der Waals surface area (Å²) in [6.07, 6.45) is 2.11. The molecule has 1 rings (SSSR count). The topological polar surface area (TPSA) is 21.3 Å². The van der Waals surface area contributed by atoms with E-state index in [0.717, 1.165) is 29.1 Å². The predicted molar refractivity (Wildman–Crippen MR) is 70.8 cm³/mol. The first-order chi connectivity index (χ1) is 7.27. The van der Waals surface area contributed by atoms with Gasteiger partial charge in [-0.25, -0.2) is 0 Å². The molecule has 0 spiro atoms. The third-order valence-electron chi connectivity index (χ3n) is 2.04. The lowest BCUT2D eigenvalue weighted by Gasteiger charge is -2.09. The number of halogens is 1. The van der Waals surface area contributed by atoms with E-state index in [4.69, 9.17) is 4.74 Å². The van der Waals surface area contributed by atoms with E-state index in [1.807, 2.05) is 23.9 Å². The van der Waals surface area contributed by atoms with Crippen LogP contribution >= 0.6 is 27.7 Å². The highest BCUT2D eigenvalue weighted by Gasteiger charge is 2.02. The lowest BCUT2D eigenvalue weighted by atomic mass is 10.2. The zero-order chi connectivity index (χ0) is 11.1. The first-order valence-corrected chi connectivity index (χ1v) is 6.98. The molecule has 0 radical (unpaired) electrons. The van der Waals surface area contributed by atoms with Gasteiger partial charge in [-0.15, -0.1) is 0 Å². The van der Waals surface area contributed by atoms with Gasteiger partial charge in [0.25, 0.3) is 0 Å². The van der Waals surface area contributed by atoms with Crippen molar-refractivity contribution in [3.63, 3.8) is 0 Å². The number of nitrogens with one attached hydrogen (secondary N) is 1. The molecule has 0 heterocycles. The quantitative estimate of drug-likeness (QED) is 0.814. The molecule has 0 unspecified atom stereocenters. The fraction of sp³-hybridized carbons (Fsp3) is 0.455. The second-order valence-corrected chi connectivity index (χ2v) is 5.03. The number of methoxy groups -OCH3 is 1. The lowest BCUT2D eigenvalue weighted by Crippen LogP contribution is -2.16. The maximum Gasteiger partial charge on any atom is 0.123 e. The van der Waals surface area contributed by atoms with Gasteiger partial charge in [-0.1, -0.05) is 15.9 Å². The Morgan fingerprint density at radius 3 is 2.93 bits per heavy atom. The van der Waals surface area contributed by atoms with Gasteiger partial charge in [0.15, 0.2) is 0 Å². The molecule has 4 heteroatoms. The van der Waals surface area contributed by atoms with Crippen LogP contribution in [0.25, 0.3) is 0 Å². The van der Waals surface area contributed by atoms with Crippen molar-refractivity contribution in [2.75, 3.05) is 25.7 Å². The maximum absolute atomic E-state index is 5.29. The van der Waals surface area contributed by atoms with Crippen LogP contribution < -0.4 is 10.1 Å². The van der Waals surface area contributed by atoms with Crippen molar-refractivity contribution >= 4 is 27.7 Å². The van der Waals surface area contributed by atoms with Crippen molar-refractivity contribution in [3.05, 3.63) is 28.2 Å². The normalized spacial score (nSPS) is 10.3. The van der Waals surface area contributed by atoms with Gasteiger partial charge in [0.2, 0.25) is 0 Å². The highest BCUT2D eigenvalue weighted by Crippen LogP contribution is 2.22. The van der Waals surface area contributed by atoms with Gasteiger partial charge in [-0.05, 0) is 24.5 Å². The van der Waals surface area contributed by atoms with E-state index in [9.17, 15) is 0 Å². The summed E-state index contributed by atoms with van der Waals surface area (Å²) in [5.41, 5.74) is 1.19. The SMILES string of the molecule is COc1ccc(Br)cc1CNCCSC. The van der Waals surface area contributed by atoms with Crippen LogP contribution in [-0.2, 0) is 6.54 Å². The van der Waals surface area contributed by atoms with Gasteiger partial charge in [0.05, 0.1) is 7.11 Å². The highest BCUT2D eigenvalue weighted by molar-refractivity contribution is 9.10. The summed E-state index contributed by atoms with van der Waals surface area (Å²) >= 11 is 5.31. The fourth-order valence-corrected chi connectivity index (χ4v) is 2.04. The maximum atomic E-state index is 5.29. The number of hydrogen-bond donors (Lipinski definition) is 1. The van der Waals surface area contributed by atoms with Crippen molar-refractivity contribution < 1.29 is 4.74 Å². The van der Waals surface area contributed by atoms with E-state index in [0.29, 0.717) is 0 Å². The molecule has 0 aromatic heterocycles. The summed E-state index contributed by atoms with van der Waals surface area (Å²) in [5, 5.41) is 3.38. The number of benzene rings is 1. The number of rotatable bonds is 6. The van der Waals surface area contributed by atoms with E-state index in [1.54, 1.807) is 7.11 Å². The summed E-state index contributed by atoms with van der Waals surface area (Å²) in [4.78, 5) is 0. The lowest BCUT2D eigenvalue weighted by molar-refractivity contribution is 0.408. The van der Waals surface area contributed by atoms with E-state index in [2.05, 4.69) is 33.6 Å². The molecule has 0 amide bonds. The molecule has 15 heavy (non-hydrogen) atoms. The predicted octanol–water partition coefficient (Wildman–Crippen LogP) is 2.91. The van der Waals surface area contributed by atoms with Crippen molar-refractivity contribution in [1.82, 2.24) is 5.32 Å². The second-order valence-electron chi connectivity index (χ2n) is 3.13. The van der Waals surface area contributed by atoms with Crippen LogP contribution in [0.1, 0.15) is 5.56 Å². The summed E-state index contributed by atoms with van der Waals surface area (Å²) in [5.74, 6) is 2.07. The van der Waals surface area contributed by atoms with E-state index in [1.165, 1.54) is 5.56 Å². The summed E-state index contributed by atoms with van der Waals surface area (Å²) < 4.78 is 6.38. The molecule has 0 bridgehead atoms. The Kier molecular flexibility index (Phi) is 6.13. The fourth-order valence-electron chi connectivity index (χ4n) is 1.28. The number of ether oxygens (including phenoxy) is 1. The monoisotopic (exact) mass is 289 g/mol. The third-order valence-corrected chi connectivity index (χ3v) is 3.15. The molecule has 0 atom stereocenters. The molecule has 0 saturated heterocycles. The zero-order valence-electron chi connectivity index (χ0n) is 9.05. The molecule has 84 valence electrons. The van der Waals surface area contributed by atoms with Crippen LogP contribution in [0.3, 0.4) is 0 Å². The minimum atomic E-state index is 0.850. The molecule has 0 fully saturated rings. The van der Waals surface area contributed by atoms with Crippen LogP contribution in [0.15, 0.2) is 22.7 Å². The molecule has 0 aliphatic heterocycles. The summed E-state index contributed by atoms with van der Waals surface area (Å²) in [7, 11) is 1.70. The van der Waals surface area contributed by atoms with Crippen molar-refractivity contribution in [1.29, 1.82) is 0 Å². The van der Waals surface area contributed by atoms with Gasteiger partial charge >= 0.3 is 0 Å². The Hall–Kier alpha value is -0.190. The van der Waals surface area contributed by atoms with Crippen LogP contribution in [0.2, 0.25) is 0 Å². The largest absolute Gasteiger partial charge is 0.496 e. The number of hydrogen-bond acceptors (Lipinski definition) is 3. The van der Waals surface area contributed by atoms with E-state index < -0.39 is 0 Å². The molecule has 0 aliphatic rings. The second kappa shape index (κ2) is 7.14. The van der Waals surface area contributed by atoms with Gasteiger partial charge in [-0.2, -0.15) is 11.8 Å². The standard InChI is InChI=1S/C11H16BrNOS/c1-14-11-4-3-10(12)7-9(11)8-13-5-6-15-2/h3-4,7,13H,5-6,8H2,1-2H3. The van der Waals surface area contributed by atoms with Gasteiger partial charge < -0.3 is 10.1 Å². The molecule has 2 nitrogen and oxygen atoms in total. The Morgan fingerprint density at radius 1 is 1.47 bits per heavy atom. The Morgan fingerprint density at radius 2 is 2.27 bits per heavy atom. The van der Waals surface area contributed by atoms with Gasteiger partial charge in [-0.3, -0.25) is 0 Å². The molecule has 1 aromatic rings. The van der Waals surface area contributed by atoms with Crippen LogP contribution in [0.4, 0.5) is 0 Å². The molecular weight excluding hydrogens is 274 g/mol. The third kappa shape index (κ3) is 4.45. The molecule has 1 N–H and O–H groups in total. The Bertz CT molecular complexity index is 307. The van der Waals surface area contributed by atoms with Gasteiger partial charge in [0.1, 0.15) is 5.75 Å². The molecule has 0 saturated carbocycles. The molecule has 0 aliphatic carbocycles. The van der Waals surface area contributed by atoms with Crippen LogP contribution in [0.5, 0.6) is 5.75 Å². The summed E-state index contributed by atoms with van der Waals surface area (Å²) in [6.45, 7) is 1.88. The van der Waals surface area contributed by atoms with Crippen molar-refractivity contribution in [2.45, 2.75) is 6.54 Å². The Balaban J connectivity index is 2.54. The van der Waals surface area contributed by atoms with E-state index >= 15 is 0 Å². The number of thioether (sulfide) groups is 1. The van der Waals surface area contributed by atoms with Crippen LogP contribution in [-0.4, -0.2) is 25.7 Å². The smallest absolute Gasteiger partial charge is 0.123 e.